The number of primary amides is 1. The van der Waals surface area contributed by atoms with Gasteiger partial charge >= 0.3 is 0 Å². The van der Waals surface area contributed by atoms with Crippen molar-refractivity contribution in [1.82, 2.24) is 10.3 Å². The molecular weight excluding hydrogens is 382 g/mol. The molecule has 1 aliphatic carbocycles. The zero-order valence-corrected chi connectivity index (χ0v) is 16.4. The van der Waals surface area contributed by atoms with E-state index in [0.717, 1.165) is 6.42 Å². The second kappa shape index (κ2) is 7.67. The molecule has 1 aromatic carbocycles. The SMILES string of the molecule is CC(C)(Oc1ccc(Cl)cc1)C(=O)NC1CCCc2[nH]c(=O)c(C(N)=O)cc21. The largest absolute Gasteiger partial charge is 0.478 e. The van der Waals surface area contributed by atoms with Crippen LogP contribution in [0.3, 0.4) is 0 Å². The number of aromatic amines is 1. The Bertz CT molecular complexity index is 966. The highest BCUT2D eigenvalue weighted by Crippen LogP contribution is 2.29. The molecular formula is C20H22ClN3O4. The minimum Gasteiger partial charge on any atom is -0.478 e. The van der Waals surface area contributed by atoms with Gasteiger partial charge in [0.05, 0.1) is 6.04 Å². The monoisotopic (exact) mass is 403 g/mol. The summed E-state index contributed by atoms with van der Waals surface area (Å²) >= 11 is 5.88. The molecule has 8 heteroatoms. The van der Waals surface area contributed by atoms with Crippen molar-refractivity contribution in [2.45, 2.75) is 44.8 Å². The number of nitrogens with two attached hydrogens (primary N) is 1. The molecule has 1 heterocycles. The summed E-state index contributed by atoms with van der Waals surface area (Å²) in [5.41, 5.74) is 4.94. The first-order valence-corrected chi connectivity index (χ1v) is 9.36. The number of H-pyrrole nitrogens is 1. The maximum Gasteiger partial charge on any atom is 0.264 e. The Hall–Kier alpha value is -2.80. The number of nitrogens with one attached hydrogen (secondary N) is 2. The number of ether oxygens (including phenoxy) is 1. The van der Waals surface area contributed by atoms with E-state index in [9.17, 15) is 14.4 Å². The molecule has 1 atom stereocenters. The Morgan fingerprint density at radius 1 is 1.29 bits per heavy atom. The Kier molecular flexibility index (Phi) is 5.47. The molecule has 0 aliphatic heterocycles. The summed E-state index contributed by atoms with van der Waals surface area (Å²) < 4.78 is 5.83. The van der Waals surface area contributed by atoms with Gasteiger partial charge in [-0.05, 0) is 69.0 Å². The highest BCUT2D eigenvalue weighted by Gasteiger charge is 2.33. The maximum atomic E-state index is 12.9. The van der Waals surface area contributed by atoms with Crippen molar-refractivity contribution in [1.29, 1.82) is 0 Å². The lowest BCUT2D eigenvalue weighted by Crippen LogP contribution is -2.48. The second-order valence-electron chi connectivity index (χ2n) is 7.29. The van der Waals surface area contributed by atoms with Crippen molar-refractivity contribution in [3.8, 4) is 5.75 Å². The lowest BCUT2D eigenvalue weighted by atomic mass is 9.89. The van der Waals surface area contributed by atoms with E-state index < -0.39 is 17.1 Å². The van der Waals surface area contributed by atoms with E-state index >= 15 is 0 Å². The molecule has 3 rings (SSSR count). The molecule has 0 saturated carbocycles. The van der Waals surface area contributed by atoms with E-state index in [1.165, 1.54) is 6.07 Å². The first kappa shape index (κ1) is 19.9. The van der Waals surface area contributed by atoms with Crippen LogP contribution in [0.5, 0.6) is 5.75 Å². The number of pyridine rings is 1. The van der Waals surface area contributed by atoms with Gasteiger partial charge in [-0.3, -0.25) is 14.4 Å². The number of benzene rings is 1. The number of fused-ring (bicyclic) bond motifs is 1. The number of carbonyl (C=O) groups is 2. The summed E-state index contributed by atoms with van der Waals surface area (Å²) in [6.07, 6.45) is 2.14. The first-order chi connectivity index (χ1) is 13.2. The standard InChI is InChI=1S/C20H22ClN3O4/c1-20(2,28-12-8-6-11(21)7-9-12)19(27)24-16-5-3-4-15-13(16)10-14(17(22)25)18(26)23-15/h6-10,16H,3-5H2,1-2H3,(H2,22,25)(H,23,26)(H,24,27). The summed E-state index contributed by atoms with van der Waals surface area (Å²) in [6, 6.07) is 7.88. The van der Waals surface area contributed by atoms with E-state index in [-0.39, 0.29) is 17.5 Å². The van der Waals surface area contributed by atoms with Gasteiger partial charge in [-0.15, -0.1) is 0 Å². The van der Waals surface area contributed by atoms with Crippen LogP contribution in [0, 0.1) is 0 Å². The molecule has 148 valence electrons. The number of hydrogen-bond acceptors (Lipinski definition) is 4. The fourth-order valence-electron chi connectivity index (χ4n) is 3.25. The van der Waals surface area contributed by atoms with Crippen LogP contribution in [0.4, 0.5) is 0 Å². The van der Waals surface area contributed by atoms with Crippen LogP contribution in [0.2, 0.25) is 5.02 Å². The van der Waals surface area contributed by atoms with Crippen LogP contribution >= 0.6 is 11.6 Å². The molecule has 1 aromatic heterocycles. The molecule has 1 aliphatic rings. The fraction of sp³-hybridized carbons (Fsp3) is 0.350. The molecule has 2 aromatic rings. The average molecular weight is 404 g/mol. The topological polar surface area (TPSA) is 114 Å². The highest BCUT2D eigenvalue weighted by molar-refractivity contribution is 6.30. The number of aromatic nitrogens is 1. The van der Waals surface area contributed by atoms with Gasteiger partial charge in [-0.1, -0.05) is 11.6 Å². The van der Waals surface area contributed by atoms with Gasteiger partial charge in [0.15, 0.2) is 5.60 Å². The highest BCUT2D eigenvalue weighted by atomic mass is 35.5. The summed E-state index contributed by atoms with van der Waals surface area (Å²) in [6.45, 7) is 3.34. The van der Waals surface area contributed by atoms with Gasteiger partial charge in [0.2, 0.25) is 0 Å². The lowest BCUT2D eigenvalue weighted by Gasteiger charge is -2.31. The summed E-state index contributed by atoms with van der Waals surface area (Å²) in [5.74, 6) is -0.591. The maximum absolute atomic E-state index is 12.9. The number of amides is 2. The van der Waals surface area contributed by atoms with Crippen LogP contribution in [0.1, 0.15) is 54.3 Å². The van der Waals surface area contributed by atoms with Crippen LogP contribution in [0.15, 0.2) is 35.1 Å². The zero-order valence-electron chi connectivity index (χ0n) is 15.7. The zero-order chi connectivity index (χ0) is 20.5. The van der Waals surface area contributed by atoms with Gasteiger partial charge in [0.1, 0.15) is 11.3 Å². The first-order valence-electron chi connectivity index (χ1n) is 8.99. The number of carbonyl (C=O) groups excluding carboxylic acids is 2. The van der Waals surface area contributed by atoms with Crippen LogP contribution < -0.4 is 21.3 Å². The van der Waals surface area contributed by atoms with Crippen molar-refractivity contribution < 1.29 is 14.3 Å². The predicted octanol–water partition coefficient (Wildman–Crippen LogP) is 2.48. The van der Waals surface area contributed by atoms with Gasteiger partial charge in [0, 0.05) is 10.7 Å². The molecule has 0 fully saturated rings. The van der Waals surface area contributed by atoms with E-state index in [2.05, 4.69) is 10.3 Å². The Morgan fingerprint density at radius 3 is 2.61 bits per heavy atom. The van der Waals surface area contributed by atoms with Gasteiger partial charge in [-0.2, -0.15) is 0 Å². The molecule has 28 heavy (non-hydrogen) atoms. The van der Waals surface area contributed by atoms with E-state index in [1.807, 2.05) is 0 Å². The minimum atomic E-state index is -1.14. The number of hydrogen-bond donors (Lipinski definition) is 3. The number of aryl methyl sites for hydroxylation is 1. The molecule has 0 spiro atoms. The molecule has 7 nitrogen and oxygen atoms in total. The molecule has 2 amide bonds. The van der Waals surface area contributed by atoms with Crippen molar-refractivity contribution in [3.63, 3.8) is 0 Å². The average Bonchev–Trinajstić information content (AvgIpc) is 2.62. The normalized spacial score (nSPS) is 16.2. The predicted molar refractivity (Wildman–Crippen MR) is 106 cm³/mol. The number of halogens is 1. The quantitative estimate of drug-likeness (QED) is 0.711. The van der Waals surface area contributed by atoms with E-state index in [0.29, 0.717) is 34.9 Å². The summed E-state index contributed by atoms with van der Waals surface area (Å²) in [4.78, 5) is 39.1. The van der Waals surface area contributed by atoms with Crippen LogP contribution in [0.25, 0.3) is 0 Å². The molecule has 0 bridgehead atoms. The van der Waals surface area contributed by atoms with Crippen molar-refractivity contribution in [3.05, 3.63) is 62.5 Å². The Balaban J connectivity index is 1.81. The minimum absolute atomic E-state index is 0.114. The molecule has 0 saturated heterocycles. The van der Waals surface area contributed by atoms with E-state index in [4.69, 9.17) is 22.1 Å². The molecule has 0 radical (unpaired) electrons. The third-order valence-corrected chi connectivity index (χ3v) is 5.01. The smallest absolute Gasteiger partial charge is 0.264 e. The van der Waals surface area contributed by atoms with Crippen LogP contribution in [-0.4, -0.2) is 22.4 Å². The third kappa shape index (κ3) is 4.20. The third-order valence-electron chi connectivity index (χ3n) is 4.76. The van der Waals surface area contributed by atoms with Crippen LogP contribution in [-0.2, 0) is 11.2 Å². The molecule has 1 unspecified atom stereocenters. The van der Waals surface area contributed by atoms with Crippen molar-refractivity contribution in [2.75, 3.05) is 0 Å². The molecule has 4 N–H and O–H groups in total. The summed E-state index contributed by atoms with van der Waals surface area (Å²) in [5, 5.41) is 3.54. The Labute approximate surface area is 167 Å². The van der Waals surface area contributed by atoms with Crippen molar-refractivity contribution in [2.24, 2.45) is 5.73 Å². The Morgan fingerprint density at radius 2 is 1.96 bits per heavy atom. The number of rotatable bonds is 5. The lowest BCUT2D eigenvalue weighted by molar-refractivity contribution is -0.135. The summed E-state index contributed by atoms with van der Waals surface area (Å²) in [7, 11) is 0. The van der Waals surface area contributed by atoms with Gasteiger partial charge < -0.3 is 20.8 Å². The fourth-order valence-corrected chi connectivity index (χ4v) is 3.38. The second-order valence-corrected chi connectivity index (χ2v) is 7.73. The van der Waals surface area contributed by atoms with E-state index in [1.54, 1.807) is 38.1 Å². The van der Waals surface area contributed by atoms with Crippen molar-refractivity contribution >= 4 is 23.4 Å². The van der Waals surface area contributed by atoms with Gasteiger partial charge in [-0.25, -0.2) is 0 Å². The van der Waals surface area contributed by atoms with Gasteiger partial charge in [0.25, 0.3) is 17.4 Å².